The summed E-state index contributed by atoms with van der Waals surface area (Å²) in [5.41, 5.74) is 7.89. The lowest BCUT2D eigenvalue weighted by atomic mass is 9.67. The molecule has 134 valence electrons. The molecule has 8 heteroatoms. The van der Waals surface area contributed by atoms with Crippen molar-refractivity contribution in [2.75, 3.05) is 5.32 Å². The number of amides is 1. The number of hydrogen-bond acceptors (Lipinski definition) is 6. The average molecular weight is 379 g/mol. The van der Waals surface area contributed by atoms with E-state index in [-0.39, 0.29) is 11.5 Å². The summed E-state index contributed by atoms with van der Waals surface area (Å²) < 4.78 is 14.5. The number of benzene rings is 1. The van der Waals surface area contributed by atoms with E-state index in [4.69, 9.17) is 11.0 Å². The number of nitriles is 1. The summed E-state index contributed by atoms with van der Waals surface area (Å²) in [7, 11) is 0. The van der Waals surface area contributed by atoms with Crippen molar-refractivity contribution in [2.24, 2.45) is 16.6 Å². The third-order valence-corrected chi connectivity index (χ3v) is 6.57. The number of aromatic nitrogens is 1. The van der Waals surface area contributed by atoms with E-state index in [0.717, 1.165) is 12.0 Å². The summed E-state index contributed by atoms with van der Waals surface area (Å²) >= 11 is 1.59. The molecule has 27 heavy (non-hydrogen) atoms. The Labute approximate surface area is 158 Å². The molecule has 0 radical (unpaired) electrons. The van der Waals surface area contributed by atoms with E-state index in [1.807, 2.05) is 6.07 Å². The second-order valence-corrected chi connectivity index (χ2v) is 8.29. The Hall–Kier alpha value is -2.92. The molecule has 3 atom stereocenters. The van der Waals surface area contributed by atoms with Crippen LogP contribution in [0.1, 0.15) is 33.6 Å². The van der Waals surface area contributed by atoms with E-state index in [2.05, 4.69) is 15.3 Å². The van der Waals surface area contributed by atoms with Crippen molar-refractivity contribution in [2.45, 2.75) is 23.6 Å². The Morgan fingerprint density at radius 1 is 1.44 bits per heavy atom. The van der Waals surface area contributed by atoms with Crippen LogP contribution >= 0.6 is 11.8 Å². The zero-order valence-corrected chi connectivity index (χ0v) is 14.9. The normalized spacial score (nSPS) is 26.9. The summed E-state index contributed by atoms with van der Waals surface area (Å²) in [6.07, 6.45) is 2.91. The van der Waals surface area contributed by atoms with Gasteiger partial charge in [-0.25, -0.2) is 9.37 Å². The van der Waals surface area contributed by atoms with Crippen molar-refractivity contribution in [3.63, 3.8) is 0 Å². The fraction of sp³-hybridized carbons (Fsp3) is 0.263. The van der Waals surface area contributed by atoms with Crippen LogP contribution in [-0.4, -0.2) is 21.3 Å². The predicted molar refractivity (Wildman–Crippen MR) is 99.8 cm³/mol. The number of amidine groups is 1. The zero-order valence-electron chi connectivity index (χ0n) is 14.1. The van der Waals surface area contributed by atoms with Crippen LogP contribution in [0, 0.1) is 23.1 Å². The fourth-order valence-electron chi connectivity index (χ4n) is 4.02. The maximum Gasteiger partial charge on any atom is 0.274 e. The Morgan fingerprint density at radius 3 is 3.04 bits per heavy atom. The van der Waals surface area contributed by atoms with Crippen molar-refractivity contribution in [1.29, 1.82) is 5.26 Å². The molecule has 1 amide bonds. The van der Waals surface area contributed by atoms with Gasteiger partial charge in [-0.2, -0.15) is 5.26 Å². The van der Waals surface area contributed by atoms with Gasteiger partial charge >= 0.3 is 0 Å². The number of nitrogens with zero attached hydrogens (tertiary/aromatic N) is 3. The van der Waals surface area contributed by atoms with Crippen LogP contribution in [0.5, 0.6) is 0 Å². The molecular formula is C19H14FN5OS. The molecule has 5 rings (SSSR count). The second kappa shape index (κ2) is 5.54. The van der Waals surface area contributed by atoms with Gasteiger partial charge in [-0.05, 0) is 41.8 Å². The molecule has 3 N–H and O–H groups in total. The van der Waals surface area contributed by atoms with E-state index >= 15 is 0 Å². The third-order valence-electron chi connectivity index (χ3n) is 5.42. The van der Waals surface area contributed by atoms with E-state index < -0.39 is 11.4 Å². The first-order valence-corrected chi connectivity index (χ1v) is 9.40. The lowest BCUT2D eigenvalue weighted by Crippen LogP contribution is -2.44. The number of thioether (sulfide) groups is 1. The maximum atomic E-state index is 14.5. The molecule has 0 unspecified atom stereocenters. The number of nitrogens with one attached hydrogen (secondary N) is 1. The highest BCUT2D eigenvalue weighted by molar-refractivity contribution is 8.14. The quantitative estimate of drug-likeness (QED) is 0.834. The minimum absolute atomic E-state index is 0.158. The van der Waals surface area contributed by atoms with Gasteiger partial charge in [-0.1, -0.05) is 11.8 Å². The van der Waals surface area contributed by atoms with Crippen molar-refractivity contribution in [3.05, 3.63) is 58.7 Å². The molecule has 0 saturated heterocycles. The third kappa shape index (κ3) is 2.42. The number of anilines is 1. The zero-order chi connectivity index (χ0) is 18.8. The molecule has 1 saturated carbocycles. The van der Waals surface area contributed by atoms with Crippen molar-refractivity contribution >= 4 is 28.5 Å². The van der Waals surface area contributed by atoms with Crippen LogP contribution in [0.3, 0.4) is 0 Å². The molecule has 2 aromatic rings. The summed E-state index contributed by atoms with van der Waals surface area (Å²) in [5, 5.41) is 12.5. The highest BCUT2D eigenvalue weighted by Gasteiger charge is 2.62. The summed E-state index contributed by atoms with van der Waals surface area (Å²) in [6, 6.07) is 8.04. The molecule has 1 aromatic carbocycles. The molecule has 1 fully saturated rings. The van der Waals surface area contributed by atoms with Gasteiger partial charge in [0, 0.05) is 29.5 Å². The first kappa shape index (κ1) is 16.3. The van der Waals surface area contributed by atoms with Gasteiger partial charge in [0.25, 0.3) is 5.91 Å². The lowest BCUT2D eigenvalue weighted by molar-refractivity contribution is 0.102. The Bertz CT molecular complexity index is 1060. The molecule has 3 aliphatic rings. The standard InChI is InChI=1S/C19H14FN5OS/c20-14-4-10(24-17(26)15-2-1-9(7-21)8-23-15)3-12-11(14)6-19(12)13-5-16(13)27-18(22)25-19/h1-4,8,13,16H,5-6H2,(H2,22,25)(H,24,26)/t13-,16+,19-/m1/s1. The molecule has 1 spiro atoms. The molecule has 2 aliphatic carbocycles. The van der Waals surface area contributed by atoms with Crippen molar-refractivity contribution < 1.29 is 9.18 Å². The summed E-state index contributed by atoms with van der Waals surface area (Å²) in [6.45, 7) is 0. The minimum atomic E-state index is -0.460. The molecule has 1 aromatic heterocycles. The second-order valence-electron chi connectivity index (χ2n) is 7.03. The van der Waals surface area contributed by atoms with Gasteiger partial charge in [0.15, 0.2) is 5.17 Å². The number of fused-ring (bicyclic) bond motifs is 4. The smallest absolute Gasteiger partial charge is 0.274 e. The van der Waals surface area contributed by atoms with Crippen LogP contribution in [0.15, 0.2) is 35.5 Å². The number of carbonyl (C=O) groups is 1. The van der Waals surface area contributed by atoms with Crippen LogP contribution in [0.4, 0.5) is 10.1 Å². The van der Waals surface area contributed by atoms with Crippen molar-refractivity contribution in [3.8, 4) is 6.07 Å². The van der Waals surface area contributed by atoms with Gasteiger partial charge in [0.1, 0.15) is 17.6 Å². The van der Waals surface area contributed by atoms with E-state index in [1.165, 1.54) is 24.4 Å². The van der Waals surface area contributed by atoms with Gasteiger partial charge in [-0.3, -0.25) is 9.79 Å². The average Bonchev–Trinajstić information content (AvgIpc) is 3.42. The van der Waals surface area contributed by atoms with Crippen LogP contribution in [-0.2, 0) is 12.0 Å². The number of halogens is 1. The van der Waals surface area contributed by atoms with Crippen LogP contribution in [0.25, 0.3) is 0 Å². The molecule has 1 aliphatic heterocycles. The number of pyridine rings is 1. The first-order valence-electron chi connectivity index (χ1n) is 8.52. The number of nitrogens with two attached hydrogens (primary N) is 1. The number of aliphatic imine (C=N–C) groups is 1. The van der Waals surface area contributed by atoms with Gasteiger partial charge < -0.3 is 11.1 Å². The van der Waals surface area contributed by atoms with Crippen LogP contribution < -0.4 is 11.1 Å². The highest BCUT2D eigenvalue weighted by atomic mass is 32.2. The Balaban J connectivity index is 1.45. The SMILES string of the molecule is N#Cc1ccc(C(=O)Nc2cc(F)c3c(c2)[C@@]2(C3)N=C(N)S[C@H]3C[C@H]32)nc1. The minimum Gasteiger partial charge on any atom is -0.379 e. The highest BCUT2D eigenvalue weighted by Crippen LogP contribution is 2.63. The number of carbonyl (C=O) groups excluding carboxylic acids is 1. The number of hydrogen-bond donors (Lipinski definition) is 2. The predicted octanol–water partition coefficient (Wildman–Crippen LogP) is 2.55. The van der Waals surface area contributed by atoms with Crippen molar-refractivity contribution in [1.82, 2.24) is 4.98 Å². The van der Waals surface area contributed by atoms with E-state index in [0.29, 0.717) is 39.6 Å². The molecule has 2 heterocycles. The van der Waals surface area contributed by atoms with Gasteiger partial charge in [-0.15, -0.1) is 0 Å². The lowest BCUT2D eigenvalue weighted by Gasteiger charge is -2.43. The molecular weight excluding hydrogens is 365 g/mol. The Kier molecular flexibility index (Phi) is 3.34. The molecule has 0 bridgehead atoms. The Morgan fingerprint density at radius 2 is 2.30 bits per heavy atom. The van der Waals surface area contributed by atoms with Crippen LogP contribution in [0.2, 0.25) is 0 Å². The van der Waals surface area contributed by atoms with Gasteiger partial charge in [0.05, 0.1) is 11.1 Å². The van der Waals surface area contributed by atoms with E-state index in [1.54, 1.807) is 17.8 Å². The first-order chi connectivity index (χ1) is 13.0. The van der Waals surface area contributed by atoms with E-state index in [9.17, 15) is 9.18 Å². The summed E-state index contributed by atoms with van der Waals surface area (Å²) in [5.74, 6) is -0.419. The topological polar surface area (TPSA) is 104 Å². The van der Waals surface area contributed by atoms with Gasteiger partial charge in [0.2, 0.25) is 0 Å². The largest absolute Gasteiger partial charge is 0.379 e. The fourth-order valence-corrected chi connectivity index (χ4v) is 5.24. The molecule has 6 nitrogen and oxygen atoms in total. The summed E-state index contributed by atoms with van der Waals surface area (Å²) in [4.78, 5) is 21.0. The monoisotopic (exact) mass is 379 g/mol. The number of rotatable bonds is 2. The maximum absolute atomic E-state index is 14.5.